The fourth-order valence-corrected chi connectivity index (χ4v) is 0.0481. The molecular formula is C4H4FeO. The maximum Gasteiger partial charge on any atom is 0.150 e. The molecule has 6 heavy (non-hydrogen) atoms. The minimum absolute atomic E-state index is 0. The van der Waals surface area contributed by atoms with E-state index in [0.29, 0.717) is 6.29 Å². The van der Waals surface area contributed by atoms with Crippen LogP contribution in [0.5, 0.6) is 0 Å². The van der Waals surface area contributed by atoms with Crippen molar-refractivity contribution in [2.45, 2.75) is 0 Å². The molecule has 0 fully saturated rings. The van der Waals surface area contributed by atoms with Crippen molar-refractivity contribution in [3.63, 3.8) is 0 Å². The summed E-state index contributed by atoms with van der Waals surface area (Å²) in [4.78, 5) is 9.25. The van der Waals surface area contributed by atoms with Crippen LogP contribution in [0.2, 0.25) is 0 Å². The molecule has 0 saturated carbocycles. The van der Waals surface area contributed by atoms with Crippen molar-refractivity contribution in [3.05, 3.63) is 18.4 Å². The van der Waals surface area contributed by atoms with Crippen LogP contribution in [0.4, 0.5) is 0 Å². The second-order valence-corrected chi connectivity index (χ2v) is 0.507. The van der Waals surface area contributed by atoms with E-state index < -0.39 is 0 Å². The molecule has 0 N–H and O–H groups in total. The summed E-state index contributed by atoms with van der Waals surface area (Å²) in [6.07, 6.45) is 1.84. The van der Waals surface area contributed by atoms with Gasteiger partial charge in [0.1, 0.15) is 6.29 Å². The van der Waals surface area contributed by atoms with E-state index in [1.165, 1.54) is 6.08 Å². The summed E-state index contributed by atoms with van der Waals surface area (Å²) in [7, 11) is 0. The van der Waals surface area contributed by atoms with Gasteiger partial charge in [-0.05, 0) is 0 Å². The van der Waals surface area contributed by atoms with Gasteiger partial charge in [-0.15, -0.1) is 5.73 Å². The van der Waals surface area contributed by atoms with E-state index in [0.717, 1.165) is 0 Å². The van der Waals surface area contributed by atoms with Crippen LogP contribution in [0.15, 0.2) is 18.4 Å². The largest absolute Gasteiger partial charge is 0.298 e. The summed E-state index contributed by atoms with van der Waals surface area (Å²) in [6, 6.07) is 0. The van der Waals surface area contributed by atoms with Gasteiger partial charge in [-0.25, -0.2) is 0 Å². The van der Waals surface area contributed by atoms with Crippen LogP contribution in [0.1, 0.15) is 0 Å². The molecule has 2 heteroatoms. The van der Waals surface area contributed by atoms with Gasteiger partial charge in [-0.3, -0.25) is 4.79 Å². The number of carbonyl (C=O) groups excluding carboxylic acids is 1. The third-order valence-corrected chi connectivity index (χ3v) is 0.186. The van der Waals surface area contributed by atoms with Crippen molar-refractivity contribution in [2.24, 2.45) is 0 Å². The molecule has 0 aliphatic heterocycles. The maximum atomic E-state index is 9.25. The van der Waals surface area contributed by atoms with Gasteiger partial charge in [0.15, 0.2) is 0 Å². The van der Waals surface area contributed by atoms with E-state index >= 15 is 0 Å². The molecule has 0 aromatic carbocycles. The average Bonchev–Trinajstić information content (AvgIpc) is 1.41. The van der Waals surface area contributed by atoms with Crippen LogP contribution in [0, 0.1) is 0 Å². The van der Waals surface area contributed by atoms with E-state index in [4.69, 9.17) is 0 Å². The van der Waals surface area contributed by atoms with Gasteiger partial charge in [0.2, 0.25) is 0 Å². The van der Waals surface area contributed by atoms with E-state index in [1.54, 1.807) is 0 Å². The van der Waals surface area contributed by atoms with Crippen molar-refractivity contribution < 1.29 is 21.9 Å². The minimum atomic E-state index is 0. The summed E-state index contributed by atoms with van der Waals surface area (Å²) in [5.74, 6) is 0. The van der Waals surface area contributed by atoms with Gasteiger partial charge in [0.25, 0.3) is 0 Å². The first kappa shape index (κ1) is 9.20. The van der Waals surface area contributed by atoms with Gasteiger partial charge in [0, 0.05) is 23.1 Å². The average molecular weight is 124 g/mol. The zero-order valence-electron chi connectivity index (χ0n) is 3.12. The van der Waals surface area contributed by atoms with E-state index in [-0.39, 0.29) is 17.1 Å². The summed E-state index contributed by atoms with van der Waals surface area (Å²) in [5.41, 5.74) is 2.27. The topological polar surface area (TPSA) is 17.1 Å². The van der Waals surface area contributed by atoms with Crippen molar-refractivity contribution in [1.82, 2.24) is 0 Å². The number of hydrogen-bond acceptors (Lipinski definition) is 1. The molecular weight excluding hydrogens is 120 g/mol. The second-order valence-electron chi connectivity index (χ2n) is 0.507. The Morgan fingerprint density at radius 2 is 2.17 bits per heavy atom. The zero-order valence-corrected chi connectivity index (χ0v) is 4.23. The van der Waals surface area contributed by atoms with Crippen LogP contribution in [-0.2, 0) is 21.9 Å². The van der Waals surface area contributed by atoms with Gasteiger partial charge < -0.3 is 0 Å². The molecule has 0 aliphatic carbocycles. The van der Waals surface area contributed by atoms with Crippen LogP contribution in [0.25, 0.3) is 0 Å². The molecule has 0 aliphatic rings. The number of rotatable bonds is 1. The van der Waals surface area contributed by atoms with Crippen LogP contribution in [-0.4, -0.2) is 6.29 Å². The van der Waals surface area contributed by atoms with Gasteiger partial charge in [-0.2, -0.15) is 0 Å². The number of aldehydes is 1. The molecule has 0 bridgehead atoms. The molecule has 0 radical (unpaired) electrons. The fourth-order valence-electron chi connectivity index (χ4n) is 0.0481. The Hall–Kier alpha value is -0.291. The molecule has 0 aromatic heterocycles. The minimum Gasteiger partial charge on any atom is -0.298 e. The molecule has 0 rings (SSSR count). The zero-order chi connectivity index (χ0) is 4.12. The Morgan fingerprint density at radius 3 is 2.17 bits per heavy atom. The number of hydrogen-bond donors (Lipinski definition) is 0. The molecule has 0 aromatic rings. The van der Waals surface area contributed by atoms with Gasteiger partial charge >= 0.3 is 0 Å². The quantitative estimate of drug-likeness (QED) is 0.215. The SMILES string of the molecule is C=C=CC=O.[Fe]. The first-order valence-corrected chi connectivity index (χ1v) is 1.21. The predicted octanol–water partition coefficient (Wildman–Crippen LogP) is 0.524. The molecule has 0 unspecified atom stereocenters. The van der Waals surface area contributed by atoms with Crippen molar-refractivity contribution in [2.75, 3.05) is 0 Å². The van der Waals surface area contributed by atoms with Crippen molar-refractivity contribution in [1.29, 1.82) is 0 Å². The molecule has 1 nitrogen and oxygen atoms in total. The van der Waals surface area contributed by atoms with E-state index in [1.807, 2.05) is 0 Å². The number of carbonyl (C=O) groups is 1. The fraction of sp³-hybridized carbons (Fsp3) is 0. The van der Waals surface area contributed by atoms with Crippen molar-refractivity contribution in [3.8, 4) is 0 Å². The van der Waals surface area contributed by atoms with Crippen LogP contribution < -0.4 is 0 Å². The molecule has 0 saturated heterocycles. The third kappa shape index (κ3) is 9.32. The van der Waals surface area contributed by atoms with Crippen LogP contribution in [0.3, 0.4) is 0 Å². The Bertz CT molecular complexity index is 71.6. The smallest absolute Gasteiger partial charge is 0.150 e. The molecule has 34 valence electrons. The monoisotopic (exact) mass is 124 g/mol. The Morgan fingerprint density at radius 1 is 1.67 bits per heavy atom. The standard InChI is InChI=1S/C4H4O.Fe/c1-2-3-4-5;/h3-4H,1H2;. The summed E-state index contributed by atoms with van der Waals surface area (Å²) in [5, 5.41) is 0. The van der Waals surface area contributed by atoms with Gasteiger partial charge in [0.05, 0.1) is 0 Å². The Kier molecular flexibility index (Phi) is 13.5. The summed E-state index contributed by atoms with van der Waals surface area (Å²) in [6.45, 7) is 3.14. The first-order chi connectivity index (χ1) is 2.41. The predicted molar refractivity (Wildman–Crippen MR) is 19.8 cm³/mol. The summed E-state index contributed by atoms with van der Waals surface area (Å²) < 4.78 is 0. The third-order valence-electron chi connectivity index (χ3n) is 0.186. The van der Waals surface area contributed by atoms with Crippen LogP contribution >= 0.6 is 0 Å². The van der Waals surface area contributed by atoms with E-state index in [9.17, 15) is 4.79 Å². The molecule has 0 heterocycles. The first-order valence-electron chi connectivity index (χ1n) is 1.21. The molecule has 0 atom stereocenters. The second kappa shape index (κ2) is 8.83. The van der Waals surface area contributed by atoms with E-state index in [2.05, 4.69) is 12.3 Å². The van der Waals surface area contributed by atoms with Gasteiger partial charge in [-0.1, -0.05) is 6.58 Å². The summed E-state index contributed by atoms with van der Waals surface area (Å²) >= 11 is 0. The maximum absolute atomic E-state index is 9.25. The molecule has 0 spiro atoms. The Balaban J connectivity index is 0. The normalized spacial score (nSPS) is 4.00. The molecule has 0 amide bonds. The number of allylic oxidation sites excluding steroid dienone is 1. The van der Waals surface area contributed by atoms with Crippen molar-refractivity contribution >= 4 is 6.29 Å². The Labute approximate surface area is 47.2 Å².